The first-order valence-electron chi connectivity index (χ1n) is 11.5. The highest BCUT2D eigenvalue weighted by molar-refractivity contribution is 6.09. The summed E-state index contributed by atoms with van der Waals surface area (Å²) >= 11 is 0. The number of rotatable bonds is 5. The third-order valence-corrected chi connectivity index (χ3v) is 6.15. The van der Waals surface area contributed by atoms with Gasteiger partial charge in [-0.3, -0.25) is 5.73 Å². The van der Waals surface area contributed by atoms with Gasteiger partial charge in [0.2, 0.25) is 0 Å². The number of pyridine rings is 1. The van der Waals surface area contributed by atoms with Crippen LogP contribution in [0.15, 0.2) is 58.9 Å². The van der Waals surface area contributed by atoms with Crippen molar-refractivity contribution >= 4 is 17.3 Å². The molecule has 0 radical (unpaired) electrons. The number of halogens is 6. The Kier molecular flexibility index (Phi) is 7.38. The van der Waals surface area contributed by atoms with Crippen molar-refractivity contribution in [3.8, 4) is 0 Å². The number of benzene rings is 1. The van der Waals surface area contributed by atoms with Crippen molar-refractivity contribution in [1.82, 2.24) is 10.3 Å². The number of nitrogens with two attached hydrogens (primary N) is 1. The number of methoxy groups -OCH3 is 1. The molecule has 0 aliphatic carbocycles. The Morgan fingerprint density at radius 3 is 2.41 bits per heavy atom. The van der Waals surface area contributed by atoms with Gasteiger partial charge in [0.1, 0.15) is 11.7 Å². The summed E-state index contributed by atoms with van der Waals surface area (Å²) in [5.74, 6) is -1.10. The van der Waals surface area contributed by atoms with Crippen LogP contribution in [0.1, 0.15) is 30.4 Å². The number of nitrogens with zero attached hydrogens (tertiary/aromatic N) is 3. The number of ether oxygens (including phenoxy) is 1. The molecule has 1 atom stereocenters. The largest absolute Gasteiger partial charge is 0.419 e. The summed E-state index contributed by atoms with van der Waals surface area (Å²) in [7, 11) is 1.51. The van der Waals surface area contributed by atoms with Gasteiger partial charge in [-0.2, -0.15) is 26.3 Å². The van der Waals surface area contributed by atoms with E-state index in [4.69, 9.17) is 10.5 Å². The number of aromatic nitrogens is 1. The summed E-state index contributed by atoms with van der Waals surface area (Å²) in [6.45, 7) is 0.724. The molecule has 200 valence electrons. The molecule has 1 aromatic heterocycles. The van der Waals surface area contributed by atoms with E-state index in [1.807, 2.05) is 0 Å². The second-order valence-corrected chi connectivity index (χ2v) is 8.77. The molecule has 2 aromatic rings. The second kappa shape index (κ2) is 10.2. The van der Waals surface area contributed by atoms with Crippen LogP contribution in [0.25, 0.3) is 0 Å². The molecule has 1 aromatic carbocycles. The lowest BCUT2D eigenvalue weighted by atomic mass is 10.0. The molecule has 0 saturated heterocycles. The second-order valence-electron chi connectivity index (χ2n) is 8.77. The van der Waals surface area contributed by atoms with Gasteiger partial charge in [0.05, 0.1) is 17.7 Å². The van der Waals surface area contributed by atoms with Crippen molar-refractivity contribution in [2.24, 2.45) is 10.7 Å². The van der Waals surface area contributed by atoms with Gasteiger partial charge in [0.25, 0.3) is 0 Å². The minimum absolute atomic E-state index is 0.164. The number of anilines is 2. The van der Waals surface area contributed by atoms with Crippen LogP contribution in [0.5, 0.6) is 0 Å². The topological polar surface area (TPSA) is 87.8 Å². The molecular formula is C24H26F6N6O. The average Bonchev–Trinajstić information content (AvgIpc) is 3.04. The lowest BCUT2D eigenvalue weighted by Gasteiger charge is -2.35. The Labute approximate surface area is 209 Å². The van der Waals surface area contributed by atoms with Crippen LogP contribution in [0.4, 0.5) is 37.8 Å². The van der Waals surface area contributed by atoms with Crippen molar-refractivity contribution in [2.75, 3.05) is 37.0 Å². The van der Waals surface area contributed by atoms with Gasteiger partial charge in [-0.05, 0) is 42.8 Å². The minimum atomic E-state index is -4.56. The highest BCUT2D eigenvalue weighted by atomic mass is 19.4. The lowest BCUT2D eigenvalue weighted by molar-refractivity contribution is -0.138. The summed E-state index contributed by atoms with van der Waals surface area (Å²) in [4.78, 5) is 10.2. The van der Waals surface area contributed by atoms with E-state index in [1.165, 1.54) is 31.5 Å². The van der Waals surface area contributed by atoms with E-state index in [9.17, 15) is 26.3 Å². The third kappa shape index (κ3) is 6.16. The molecule has 13 heteroatoms. The molecular weight excluding hydrogens is 502 g/mol. The van der Waals surface area contributed by atoms with Crippen molar-refractivity contribution in [2.45, 2.75) is 37.4 Å². The fraction of sp³-hybridized carbons (Fsp3) is 0.417. The number of nitrogens with one attached hydrogen (secondary N) is 2. The Morgan fingerprint density at radius 1 is 1.05 bits per heavy atom. The summed E-state index contributed by atoms with van der Waals surface area (Å²) < 4.78 is 84.9. The van der Waals surface area contributed by atoms with E-state index in [2.05, 4.69) is 20.6 Å². The maximum atomic E-state index is 13.6. The molecule has 37 heavy (non-hydrogen) atoms. The van der Waals surface area contributed by atoms with Gasteiger partial charge < -0.3 is 20.3 Å². The Morgan fingerprint density at radius 2 is 1.76 bits per heavy atom. The maximum Gasteiger partial charge on any atom is 0.419 e. The summed E-state index contributed by atoms with van der Waals surface area (Å²) in [6, 6.07) is 6.71. The van der Waals surface area contributed by atoms with E-state index in [-0.39, 0.29) is 31.9 Å². The number of amidine groups is 1. The smallest absolute Gasteiger partial charge is 0.384 e. The monoisotopic (exact) mass is 528 g/mol. The van der Waals surface area contributed by atoms with E-state index in [0.717, 1.165) is 18.2 Å². The van der Waals surface area contributed by atoms with Crippen LogP contribution in [0.2, 0.25) is 0 Å². The minimum Gasteiger partial charge on any atom is -0.384 e. The standard InChI is InChI=1S/C24H26F6N6O/c1-37-14-10-22(31)34-19-9-13-36(21-18(24(28,29)30)3-2-11-32-21)12-8-17(19)20(35-22)33-16-6-4-15(5-7-16)23(25,26)27/h2-7,11,34H,8-10,12-14,31H2,1H3,(H,33,35). The summed E-state index contributed by atoms with van der Waals surface area (Å²) in [5, 5.41) is 6.26. The van der Waals surface area contributed by atoms with Crippen LogP contribution in [0.3, 0.4) is 0 Å². The molecule has 0 bridgehead atoms. The molecule has 0 fully saturated rings. The highest BCUT2D eigenvalue weighted by Crippen LogP contribution is 2.37. The molecule has 4 N–H and O–H groups in total. The van der Waals surface area contributed by atoms with Crippen LogP contribution in [-0.2, 0) is 17.1 Å². The first-order valence-corrected chi connectivity index (χ1v) is 11.5. The Balaban J connectivity index is 1.62. The van der Waals surface area contributed by atoms with Crippen LogP contribution in [0, 0.1) is 0 Å². The van der Waals surface area contributed by atoms with Gasteiger partial charge >= 0.3 is 12.4 Å². The molecule has 4 rings (SSSR count). The normalized spacial score (nSPS) is 20.6. The molecule has 3 heterocycles. The van der Waals surface area contributed by atoms with Gasteiger partial charge in [0.15, 0.2) is 5.79 Å². The molecule has 0 saturated carbocycles. The van der Waals surface area contributed by atoms with E-state index in [0.29, 0.717) is 35.6 Å². The number of aliphatic imine (C=N–C) groups is 1. The predicted molar refractivity (Wildman–Crippen MR) is 127 cm³/mol. The zero-order chi connectivity index (χ0) is 26.8. The van der Waals surface area contributed by atoms with Crippen molar-refractivity contribution < 1.29 is 31.1 Å². The van der Waals surface area contributed by atoms with Crippen LogP contribution in [-0.4, -0.2) is 43.4 Å². The zero-order valence-corrected chi connectivity index (χ0v) is 19.9. The van der Waals surface area contributed by atoms with E-state index in [1.54, 1.807) is 4.90 Å². The number of alkyl halides is 6. The maximum absolute atomic E-state index is 13.6. The highest BCUT2D eigenvalue weighted by Gasteiger charge is 2.38. The van der Waals surface area contributed by atoms with Crippen molar-refractivity contribution in [1.29, 1.82) is 0 Å². The quantitative estimate of drug-likeness (QED) is 0.487. The Bertz CT molecular complexity index is 1180. The van der Waals surface area contributed by atoms with Gasteiger partial charge in [-0.25, -0.2) is 9.98 Å². The van der Waals surface area contributed by atoms with E-state index >= 15 is 0 Å². The van der Waals surface area contributed by atoms with Crippen molar-refractivity contribution in [3.05, 3.63) is 65.0 Å². The van der Waals surface area contributed by atoms with E-state index < -0.39 is 29.3 Å². The number of hydrogen-bond acceptors (Lipinski definition) is 7. The predicted octanol–water partition coefficient (Wildman–Crippen LogP) is 4.74. The molecule has 1 unspecified atom stereocenters. The SMILES string of the molecule is COCCC1(N)N=C(Nc2ccc(C(F)(F)F)cc2)C2=C(CCN(c3ncccc3C(F)(F)F)CC2)N1. The summed E-state index contributed by atoms with van der Waals surface area (Å²) in [5.41, 5.74) is 6.60. The third-order valence-electron chi connectivity index (χ3n) is 6.15. The van der Waals surface area contributed by atoms with Crippen molar-refractivity contribution in [3.63, 3.8) is 0 Å². The molecule has 7 nitrogen and oxygen atoms in total. The van der Waals surface area contributed by atoms with Crippen LogP contribution < -0.4 is 21.3 Å². The average molecular weight is 529 g/mol. The first kappa shape index (κ1) is 26.7. The lowest BCUT2D eigenvalue weighted by Crippen LogP contribution is -2.56. The number of hydrogen-bond donors (Lipinski definition) is 3. The fourth-order valence-corrected chi connectivity index (χ4v) is 4.30. The molecule has 2 aliphatic rings. The van der Waals surface area contributed by atoms with Gasteiger partial charge in [-0.15, -0.1) is 0 Å². The molecule has 2 aliphatic heterocycles. The summed E-state index contributed by atoms with van der Waals surface area (Å²) in [6.07, 6.45) is -6.83. The molecule has 0 spiro atoms. The van der Waals surface area contributed by atoms with Crippen LogP contribution >= 0.6 is 0 Å². The molecule has 0 amide bonds. The first-order chi connectivity index (χ1) is 17.4. The fourth-order valence-electron chi connectivity index (χ4n) is 4.30. The zero-order valence-electron chi connectivity index (χ0n) is 19.9. The van der Waals surface area contributed by atoms with Gasteiger partial charge in [-0.1, -0.05) is 0 Å². The van der Waals surface area contributed by atoms with Gasteiger partial charge in [0, 0.05) is 56.2 Å². The Hall–Kier alpha value is -3.32.